The Hall–Kier alpha value is -3.09. The van der Waals surface area contributed by atoms with Crippen molar-refractivity contribution in [3.05, 3.63) is 48.4 Å². The summed E-state index contributed by atoms with van der Waals surface area (Å²) >= 11 is 0. The highest BCUT2D eigenvalue weighted by Gasteiger charge is 2.31. The number of hydrogen-bond donors (Lipinski definition) is 1. The minimum Gasteiger partial charge on any atom is -0.492 e. The Morgan fingerprint density at radius 3 is 2.93 bits per heavy atom. The quantitative estimate of drug-likeness (QED) is 0.679. The topological polar surface area (TPSA) is 72.3 Å². The molecule has 2 aromatic heterocycles. The van der Waals surface area contributed by atoms with Gasteiger partial charge in [-0.25, -0.2) is 14.8 Å². The van der Waals surface area contributed by atoms with Crippen molar-refractivity contribution in [1.29, 1.82) is 0 Å². The maximum atomic E-state index is 12.9. The smallest absolute Gasteiger partial charge is 0.321 e. The van der Waals surface area contributed by atoms with E-state index in [-0.39, 0.29) is 11.9 Å². The number of hydrogen-bond acceptors (Lipinski definition) is 4. The SMILES string of the molecule is CCCn1c([C@H]2CCN(C(=O)Nc3ccccc3OCC)C2)nc2cccnc21. The Balaban J connectivity index is 1.50. The van der Waals surface area contributed by atoms with E-state index in [4.69, 9.17) is 9.72 Å². The molecule has 1 aliphatic heterocycles. The summed E-state index contributed by atoms with van der Waals surface area (Å²) in [5.74, 6) is 1.93. The van der Waals surface area contributed by atoms with Crippen molar-refractivity contribution >= 4 is 22.9 Å². The lowest BCUT2D eigenvalue weighted by molar-refractivity contribution is 0.221. The van der Waals surface area contributed by atoms with Crippen LogP contribution in [0, 0.1) is 0 Å². The molecule has 2 amide bonds. The van der Waals surface area contributed by atoms with Gasteiger partial charge in [-0.05, 0) is 44.0 Å². The van der Waals surface area contributed by atoms with Gasteiger partial charge >= 0.3 is 6.03 Å². The number of fused-ring (bicyclic) bond motifs is 1. The average Bonchev–Trinajstić information content (AvgIpc) is 3.35. The van der Waals surface area contributed by atoms with E-state index in [1.165, 1.54) is 0 Å². The summed E-state index contributed by atoms with van der Waals surface area (Å²) < 4.78 is 7.83. The van der Waals surface area contributed by atoms with Crippen LogP contribution >= 0.6 is 0 Å². The maximum absolute atomic E-state index is 12.9. The van der Waals surface area contributed by atoms with Gasteiger partial charge in [-0.3, -0.25) is 0 Å². The van der Waals surface area contributed by atoms with Crippen molar-refractivity contribution in [3.63, 3.8) is 0 Å². The molecular formula is C22H27N5O2. The van der Waals surface area contributed by atoms with Crippen molar-refractivity contribution in [3.8, 4) is 5.75 Å². The van der Waals surface area contributed by atoms with Crippen LogP contribution in [0.5, 0.6) is 5.75 Å². The lowest BCUT2D eigenvalue weighted by Gasteiger charge is -2.19. The monoisotopic (exact) mass is 393 g/mol. The van der Waals surface area contributed by atoms with E-state index >= 15 is 0 Å². The van der Waals surface area contributed by atoms with Crippen molar-refractivity contribution in [2.24, 2.45) is 0 Å². The van der Waals surface area contributed by atoms with E-state index in [2.05, 4.69) is 21.8 Å². The van der Waals surface area contributed by atoms with Crippen LogP contribution in [0.4, 0.5) is 10.5 Å². The molecule has 0 radical (unpaired) electrons. The van der Waals surface area contributed by atoms with Crippen LogP contribution in [0.1, 0.15) is 38.4 Å². The molecule has 29 heavy (non-hydrogen) atoms. The third-order valence-electron chi connectivity index (χ3n) is 5.25. The first kappa shape index (κ1) is 19.2. The van der Waals surface area contributed by atoms with E-state index in [1.807, 2.05) is 54.4 Å². The second kappa shape index (κ2) is 8.51. The number of nitrogens with zero attached hydrogens (tertiary/aromatic N) is 4. The van der Waals surface area contributed by atoms with Gasteiger partial charge in [-0.1, -0.05) is 19.1 Å². The van der Waals surface area contributed by atoms with Gasteiger partial charge in [0.1, 0.15) is 17.1 Å². The number of aryl methyl sites for hydroxylation is 1. The van der Waals surface area contributed by atoms with Crippen LogP contribution in [-0.2, 0) is 6.54 Å². The van der Waals surface area contributed by atoms with Crippen LogP contribution in [0.3, 0.4) is 0 Å². The van der Waals surface area contributed by atoms with Gasteiger partial charge in [0, 0.05) is 31.7 Å². The molecule has 3 aromatic rings. The minimum absolute atomic E-state index is 0.101. The Kier molecular flexibility index (Phi) is 5.64. The molecule has 1 saturated heterocycles. The standard InChI is InChI=1S/C22H27N5O2/c1-3-13-27-20(24-18-9-7-12-23-21(18)27)16-11-14-26(15-16)22(28)25-17-8-5-6-10-19(17)29-4-2/h5-10,12,16H,3-4,11,13-15H2,1-2H3,(H,25,28)/t16-/m0/s1. The lowest BCUT2D eigenvalue weighted by atomic mass is 10.1. The van der Waals surface area contributed by atoms with Crippen molar-refractivity contribution < 1.29 is 9.53 Å². The second-order valence-corrected chi connectivity index (χ2v) is 7.26. The third kappa shape index (κ3) is 3.90. The fraction of sp³-hybridized carbons (Fsp3) is 0.409. The highest BCUT2D eigenvalue weighted by molar-refractivity contribution is 5.91. The predicted molar refractivity (Wildman–Crippen MR) is 113 cm³/mol. The van der Waals surface area contributed by atoms with Crippen LogP contribution in [0.25, 0.3) is 11.2 Å². The van der Waals surface area contributed by atoms with Crippen LogP contribution in [0.15, 0.2) is 42.6 Å². The summed E-state index contributed by atoms with van der Waals surface area (Å²) in [5.41, 5.74) is 2.55. The predicted octanol–water partition coefficient (Wildman–Crippen LogP) is 4.26. The molecule has 0 saturated carbocycles. The zero-order valence-corrected chi connectivity index (χ0v) is 17.0. The number of nitrogens with one attached hydrogen (secondary N) is 1. The van der Waals surface area contributed by atoms with Gasteiger partial charge in [0.25, 0.3) is 0 Å². The summed E-state index contributed by atoms with van der Waals surface area (Å²) in [7, 11) is 0. The number of imidazole rings is 1. The zero-order valence-electron chi connectivity index (χ0n) is 17.0. The average molecular weight is 393 g/mol. The van der Waals surface area contributed by atoms with Gasteiger partial charge in [-0.2, -0.15) is 0 Å². The van der Waals surface area contributed by atoms with E-state index in [9.17, 15) is 4.79 Å². The number of amides is 2. The van der Waals surface area contributed by atoms with Gasteiger partial charge in [0.2, 0.25) is 0 Å². The van der Waals surface area contributed by atoms with Crippen molar-refractivity contribution in [1.82, 2.24) is 19.4 Å². The Labute approximate surface area is 170 Å². The number of ether oxygens (including phenoxy) is 1. The summed E-state index contributed by atoms with van der Waals surface area (Å²) in [6.45, 7) is 6.88. The highest BCUT2D eigenvalue weighted by Crippen LogP contribution is 2.30. The molecule has 1 N–H and O–H groups in total. The summed E-state index contributed by atoms with van der Waals surface area (Å²) in [5, 5.41) is 3.00. The summed E-state index contributed by atoms with van der Waals surface area (Å²) in [6, 6.07) is 11.3. The number of anilines is 1. The number of aromatic nitrogens is 3. The number of likely N-dealkylation sites (tertiary alicyclic amines) is 1. The number of para-hydroxylation sites is 2. The first-order valence-corrected chi connectivity index (χ1v) is 10.3. The maximum Gasteiger partial charge on any atom is 0.321 e. The number of urea groups is 1. The highest BCUT2D eigenvalue weighted by atomic mass is 16.5. The Morgan fingerprint density at radius 1 is 1.24 bits per heavy atom. The third-order valence-corrected chi connectivity index (χ3v) is 5.25. The van der Waals surface area contributed by atoms with Gasteiger partial charge in [0.05, 0.1) is 12.3 Å². The summed E-state index contributed by atoms with van der Waals surface area (Å²) in [6.07, 6.45) is 3.72. The van der Waals surface area contributed by atoms with Gasteiger partial charge < -0.3 is 19.5 Å². The lowest BCUT2D eigenvalue weighted by Crippen LogP contribution is -2.33. The fourth-order valence-electron chi connectivity index (χ4n) is 3.93. The number of pyridine rings is 1. The minimum atomic E-state index is -0.101. The largest absolute Gasteiger partial charge is 0.492 e. The number of benzene rings is 1. The number of rotatable bonds is 6. The van der Waals surface area contributed by atoms with Crippen LogP contribution in [-0.4, -0.2) is 45.2 Å². The Morgan fingerprint density at radius 2 is 2.10 bits per heavy atom. The van der Waals surface area contributed by atoms with Crippen LogP contribution in [0.2, 0.25) is 0 Å². The van der Waals surface area contributed by atoms with Gasteiger partial charge in [0.15, 0.2) is 5.65 Å². The van der Waals surface area contributed by atoms with E-state index < -0.39 is 0 Å². The van der Waals surface area contributed by atoms with E-state index in [0.717, 1.165) is 36.4 Å². The Bertz CT molecular complexity index is 1000. The normalized spacial score (nSPS) is 16.3. The van der Waals surface area contributed by atoms with Crippen LogP contribution < -0.4 is 10.1 Å². The molecule has 1 fully saturated rings. The number of carbonyl (C=O) groups excluding carboxylic acids is 1. The molecule has 0 bridgehead atoms. The van der Waals surface area contributed by atoms with Gasteiger partial charge in [-0.15, -0.1) is 0 Å². The fourth-order valence-corrected chi connectivity index (χ4v) is 3.93. The molecule has 152 valence electrons. The molecule has 1 aromatic carbocycles. The molecule has 4 rings (SSSR count). The molecule has 7 heteroatoms. The zero-order chi connectivity index (χ0) is 20.2. The number of carbonyl (C=O) groups is 1. The molecule has 1 aliphatic rings. The first-order chi connectivity index (χ1) is 14.2. The second-order valence-electron chi connectivity index (χ2n) is 7.26. The molecule has 0 spiro atoms. The summed E-state index contributed by atoms with van der Waals surface area (Å²) in [4.78, 5) is 24.1. The van der Waals surface area contributed by atoms with E-state index in [0.29, 0.717) is 31.1 Å². The first-order valence-electron chi connectivity index (χ1n) is 10.3. The van der Waals surface area contributed by atoms with Crippen molar-refractivity contribution in [2.45, 2.75) is 39.2 Å². The van der Waals surface area contributed by atoms with E-state index in [1.54, 1.807) is 0 Å². The molecule has 0 aliphatic carbocycles. The van der Waals surface area contributed by atoms with Crippen molar-refractivity contribution in [2.75, 3.05) is 25.0 Å². The molecule has 7 nitrogen and oxygen atoms in total. The molecule has 0 unspecified atom stereocenters. The molecular weight excluding hydrogens is 366 g/mol. The molecule has 3 heterocycles. The molecule has 1 atom stereocenters.